The Morgan fingerprint density at radius 1 is 1.07 bits per heavy atom. The Morgan fingerprint density at radius 2 is 1.74 bits per heavy atom. The van der Waals surface area contributed by atoms with Gasteiger partial charge in [0.05, 0.1) is 5.56 Å². The normalized spacial score (nSPS) is 12.2. The lowest BCUT2D eigenvalue weighted by atomic mass is 10.1. The van der Waals surface area contributed by atoms with E-state index in [1.165, 1.54) is 24.3 Å². The Bertz CT molecular complexity index is 858. The van der Waals surface area contributed by atoms with Gasteiger partial charge in [0, 0.05) is 5.69 Å². The van der Waals surface area contributed by atoms with E-state index < -0.39 is 21.7 Å². The first-order valence-electron chi connectivity index (χ1n) is 7.85. The van der Waals surface area contributed by atoms with Crippen LogP contribution in [0.4, 0.5) is 10.1 Å². The first-order valence-corrected chi connectivity index (χ1v) is 9.39. The Morgan fingerprint density at radius 3 is 2.33 bits per heavy atom. The summed E-state index contributed by atoms with van der Waals surface area (Å²) in [4.78, 5) is 12.3. The van der Waals surface area contributed by atoms with E-state index in [0.29, 0.717) is 0 Å². The third kappa shape index (κ3) is 6.21. The molecule has 4 nitrogen and oxygen atoms in total. The van der Waals surface area contributed by atoms with E-state index in [1.54, 1.807) is 0 Å². The lowest BCUT2D eigenvalue weighted by Crippen LogP contribution is -2.56. The summed E-state index contributed by atoms with van der Waals surface area (Å²) >= 11 is 23.0. The number of carbonyl (C=O) groups is 1. The van der Waals surface area contributed by atoms with Crippen molar-refractivity contribution in [1.29, 1.82) is 0 Å². The molecule has 2 aromatic rings. The van der Waals surface area contributed by atoms with Gasteiger partial charge in [-0.1, -0.05) is 53.0 Å². The van der Waals surface area contributed by atoms with Crippen molar-refractivity contribution < 1.29 is 9.18 Å². The molecule has 1 amide bonds. The van der Waals surface area contributed by atoms with Crippen LogP contribution in [0.2, 0.25) is 0 Å². The Labute approximate surface area is 177 Å². The van der Waals surface area contributed by atoms with E-state index in [-0.39, 0.29) is 10.7 Å². The molecule has 0 aliphatic carbocycles. The van der Waals surface area contributed by atoms with Gasteiger partial charge in [-0.2, -0.15) is 0 Å². The maximum absolute atomic E-state index is 13.8. The number of aryl methyl sites for hydroxylation is 2. The van der Waals surface area contributed by atoms with Gasteiger partial charge in [-0.05, 0) is 61.5 Å². The molecule has 27 heavy (non-hydrogen) atoms. The minimum absolute atomic E-state index is 0.128. The zero-order valence-corrected chi connectivity index (χ0v) is 17.5. The number of anilines is 1. The highest BCUT2D eigenvalue weighted by Crippen LogP contribution is 2.29. The fourth-order valence-corrected chi connectivity index (χ4v) is 2.73. The summed E-state index contributed by atoms with van der Waals surface area (Å²) in [5.74, 6) is -1.43. The SMILES string of the molecule is Cc1ccc(NC(=S)NC(NC(=O)c2ccccc2F)C(Cl)(Cl)Cl)cc1C. The number of alkyl halides is 3. The molecular formula is C18H17Cl3FN3OS. The highest BCUT2D eigenvalue weighted by atomic mass is 35.6. The number of nitrogens with one attached hydrogen (secondary N) is 3. The van der Waals surface area contributed by atoms with Crippen LogP contribution in [0, 0.1) is 19.7 Å². The molecule has 3 N–H and O–H groups in total. The van der Waals surface area contributed by atoms with Crippen molar-refractivity contribution in [3.05, 3.63) is 65.0 Å². The molecule has 9 heteroatoms. The molecule has 0 aliphatic heterocycles. The number of carbonyl (C=O) groups excluding carboxylic acids is 1. The summed E-state index contributed by atoms with van der Waals surface area (Å²) in [5.41, 5.74) is 2.77. The first kappa shape index (κ1) is 21.7. The molecule has 1 unspecified atom stereocenters. The van der Waals surface area contributed by atoms with Crippen LogP contribution in [-0.4, -0.2) is 21.0 Å². The lowest BCUT2D eigenvalue weighted by molar-refractivity contribution is 0.0930. The zero-order valence-electron chi connectivity index (χ0n) is 14.4. The van der Waals surface area contributed by atoms with Gasteiger partial charge >= 0.3 is 0 Å². The van der Waals surface area contributed by atoms with Crippen molar-refractivity contribution in [2.75, 3.05) is 5.32 Å². The summed E-state index contributed by atoms with van der Waals surface area (Å²) < 4.78 is 11.9. The molecule has 0 aliphatic rings. The molecule has 0 heterocycles. The van der Waals surface area contributed by atoms with Crippen LogP contribution in [0.15, 0.2) is 42.5 Å². The van der Waals surface area contributed by atoms with Crippen LogP contribution >= 0.6 is 47.0 Å². The van der Waals surface area contributed by atoms with Gasteiger partial charge in [-0.25, -0.2) is 4.39 Å². The molecule has 1 atom stereocenters. The minimum atomic E-state index is -1.93. The number of hydrogen-bond donors (Lipinski definition) is 3. The standard InChI is InChI=1S/C18H17Cl3FN3OS/c1-10-7-8-12(9-11(10)2)23-17(27)25-16(18(19,20)21)24-15(26)13-5-3-4-6-14(13)22/h3-9,16H,1-2H3,(H,24,26)(H2,23,25,27). The van der Waals surface area contributed by atoms with Gasteiger partial charge in [0.2, 0.25) is 3.79 Å². The average Bonchev–Trinajstić information content (AvgIpc) is 2.57. The third-order valence-corrected chi connectivity index (χ3v) is 4.64. The van der Waals surface area contributed by atoms with E-state index in [9.17, 15) is 9.18 Å². The van der Waals surface area contributed by atoms with Crippen LogP contribution < -0.4 is 16.0 Å². The van der Waals surface area contributed by atoms with E-state index in [1.807, 2.05) is 32.0 Å². The van der Waals surface area contributed by atoms with E-state index in [0.717, 1.165) is 16.8 Å². The van der Waals surface area contributed by atoms with Gasteiger partial charge in [-0.15, -0.1) is 0 Å². The second kappa shape index (κ2) is 9.06. The number of amides is 1. The molecule has 0 aromatic heterocycles. The summed E-state index contributed by atoms with van der Waals surface area (Å²) in [5, 5.41) is 8.25. The molecule has 0 spiro atoms. The van der Waals surface area contributed by atoms with Crippen molar-refractivity contribution in [1.82, 2.24) is 10.6 Å². The molecule has 2 aromatic carbocycles. The van der Waals surface area contributed by atoms with Gasteiger partial charge in [0.25, 0.3) is 5.91 Å². The Hall–Kier alpha value is -1.60. The maximum Gasteiger partial charge on any atom is 0.255 e. The maximum atomic E-state index is 13.8. The topological polar surface area (TPSA) is 53.2 Å². The molecule has 0 fully saturated rings. The number of halogens is 4. The number of hydrogen-bond acceptors (Lipinski definition) is 2. The molecule has 144 valence electrons. The van der Waals surface area contributed by atoms with Crippen LogP contribution in [-0.2, 0) is 0 Å². The van der Waals surface area contributed by atoms with Crippen molar-refractivity contribution in [3.8, 4) is 0 Å². The second-order valence-corrected chi connectivity index (χ2v) is 8.60. The molecule has 2 rings (SSSR count). The minimum Gasteiger partial charge on any atom is -0.339 e. The van der Waals surface area contributed by atoms with E-state index >= 15 is 0 Å². The van der Waals surface area contributed by atoms with Crippen LogP contribution in [0.3, 0.4) is 0 Å². The van der Waals surface area contributed by atoms with Gasteiger partial charge < -0.3 is 16.0 Å². The first-order chi connectivity index (χ1) is 12.6. The predicted octanol–water partition coefficient (Wildman–Crippen LogP) is 4.86. The lowest BCUT2D eigenvalue weighted by Gasteiger charge is -2.28. The summed E-state index contributed by atoms with van der Waals surface area (Å²) in [7, 11) is 0. The summed E-state index contributed by atoms with van der Waals surface area (Å²) in [6.07, 6.45) is -1.19. The fraction of sp³-hybridized carbons (Fsp3) is 0.222. The van der Waals surface area contributed by atoms with E-state index in [4.69, 9.17) is 47.0 Å². The number of thiocarbonyl (C=S) groups is 1. The van der Waals surface area contributed by atoms with Gasteiger partial charge in [-0.3, -0.25) is 4.79 Å². The quantitative estimate of drug-likeness (QED) is 0.355. The zero-order chi connectivity index (χ0) is 20.2. The molecule has 0 saturated carbocycles. The molecular weight excluding hydrogens is 432 g/mol. The smallest absolute Gasteiger partial charge is 0.255 e. The third-order valence-electron chi connectivity index (χ3n) is 3.76. The Kier molecular flexibility index (Phi) is 7.28. The number of benzene rings is 2. The van der Waals surface area contributed by atoms with Crippen molar-refractivity contribution in [2.45, 2.75) is 23.8 Å². The van der Waals surface area contributed by atoms with Crippen LogP contribution in [0.25, 0.3) is 0 Å². The van der Waals surface area contributed by atoms with E-state index in [2.05, 4.69) is 16.0 Å². The fourth-order valence-electron chi connectivity index (χ4n) is 2.17. The van der Waals surface area contributed by atoms with Gasteiger partial charge in [0.15, 0.2) is 5.11 Å². The van der Waals surface area contributed by atoms with Crippen LogP contribution in [0.1, 0.15) is 21.5 Å². The number of rotatable bonds is 4. The molecule has 0 radical (unpaired) electrons. The van der Waals surface area contributed by atoms with Gasteiger partial charge in [0.1, 0.15) is 12.0 Å². The highest BCUT2D eigenvalue weighted by Gasteiger charge is 2.35. The predicted molar refractivity (Wildman–Crippen MR) is 113 cm³/mol. The molecule has 0 bridgehead atoms. The largest absolute Gasteiger partial charge is 0.339 e. The van der Waals surface area contributed by atoms with Crippen molar-refractivity contribution in [2.24, 2.45) is 0 Å². The second-order valence-electron chi connectivity index (χ2n) is 5.83. The monoisotopic (exact) mass is 447 g/mol. The summed E-state index contributed by atoms with van der Waals surface area (Å²) in [6, 6.07) is 11.2. The van der Waals surface area contributed by atoms with Crippen molar-refractivity contribution in [3.63, 3.8) is 0 Å². The van der Waals surface area contributed by atoms with Crippen LogP contribution in [0.5, 0.6) is 0 Å². The Balaban J connectivity index is 2.10. The van der Waals surface area contributed by atoms with Crippen molar-refractivity contribution >= 4 is 63.7 Å². The highest BCUT2D eigenvalue weighted by molar-refractivity contribution is 7.80. The summed E-state index contributed by atoms with van der Waals surface area (Å²) in [6.45, 7) is 3.96. The molecule has 0 saturated heterocycles. The average molecular weight is 449 g/mol.